The molecular formula is C16H13NO4. The minimum absolute atomic E-state index is 0.0984. The molecule has 0 saturated heterocycles. The summed E-state index contributed by atoms with van der Waals surface area (Å²) in [5.74, 6) is -0.342. The lowest BCUT2D eigenvalue weighted by molar-refractivity contribution is 0.0697. The summed E-state index contributed by atoms with van der Waals surface area (Å²) in [6.07, 6.45) is 0.0984. The molecule has 106 valence electrons. The van der Waals surface area contributed by atoms with Crippen LogP contribution < -0.4 is 4.74 Å². The molecule has 21 heavy (non-hydrogen) atoms. The van der Waals surface area contributed by atoms with Crippen molar-refractivity contribution in [1.29, 1.82) is 0 Å². The van der Waals surface area contributed by atoms with Gasteiger partial charge in [-0.2, -0.15) is 4.98 Å². The van der Waals surface area contributed by atoms with Gasteiger partial charge in [-0.1, -0.05) is 12.1 Å². The number of hydrogen-bond acceptors (Lipinski definition) is 4. The number of carboxylic acids is 1. The maximum Gasteiger partial charge on any atom is 0.400 e. The van der Waals surface area contributed by atoms with Crippen LogP contribution in [-0.4, -0.2) is 16.1 Å². The number of aromatic nitrogens is 1. The van der Waals surface area contributed by atoms with E-state index in [1.54, 1.807) is 6.07 Å². The normalized spacial score (nSPS) is 10.8. The van der Waals surface area contributed by atoms with Gasteiger partial charge < -0.3 is 14.3 Å². The minimum atomic E-state index is -1.01. The van der Waals surface area contributed by atoms with E-state index in [2.05, 4.69) is 4.98 Å². The fraction of sp³-hybridized carbons (Fsp3) is 0.125. The second kappa shape index (κ2) is 4.94. The third-order valence-electron chi connectivity index (χ3n) is 3.37. The fourth-order valence-corrected chi connectivity index (χ4v) is 2.01. The van der Waals surface area contributed by atoms with Crippen LogP contribution in [0.4, 0.5) is 0 Å². The largest absolute Gasteiger partial charge is 0.478 e. The van der Waals surface area contributed by atoms with Gasteiger partial charge in [-0.25, -0.2) is 4.79 Å². The van der Waals surface area contributed by atoms with E-state index < -0.39 is 5.97 Å². The number of rotatable bonds is 3. The van der Waals surface area contributed by atoms with E-state index in [1.807, 2.05) is 32.0 Å². The lowest BCUT2D eigenvalue weighted by atomic mass is 10.1. The van der Waals surface area contributed by atoms with Crippen LogP contribution in [0.3, 0.4) is 0 Å². The van der Waals surface area contributed by atoms with E-state index in [1.165, 1.54) is 12.1 Å². The highest BCUT2D eigenvalue weighted by Crippen LogP contribution is 2.29. The van der Waals surface area contributed by atoms with Crippen LogP contribution in [0.15, 0.2) is 40.8 Å². The van der Waals surface area contributed by atoms with E-state index in [-0.39, 0.29) is 11.6 Å². The van der Waals surface area contributed by atoms with E-state index in [4.69, 9.17) is 14.3 Å². The van der Waals surface area contributed by atoms with Gasteiger partial charge >= 0.3 is 12.0 Å². The topological polar surface area (TPSA) is 72.6 Å². The lowest BCUT2D eigenvalue weighted by Gasteiger charge is -2.06. The number of benzene rings is 2. The van der Waals surface area contributed by atoms with Gasteiger partial charge in [0.1, 0.15) is 11.3 Å². The van der Waals surface area contributed by atoms with Crippen LogP contribution in [0.1, 0.15) is 21.5 Å². The van der Waals surface area contributed by atoms with Gasteiger partial charge in [-0.05, 0) is 49.2 Å². The van der Waals surface area contributed by atoms with Crippen molar-refractivity contribution < 1.29 is 19.1 Å². The van der Waals surface area contributed by atoms with Crippen LogP contribution in [0.2, 0.25) is 0 Å². The molecule has 0 radical (unpaired) electrons. The number of nitrogens with zero attached hydrogens (tertiary/aromatic N) is 1. The molecule has 0 aliphatic heterocycles. The quantitative estimate of drug-likeness (QED) is 0.788. The van der Waals surface area contributed by atoms with Crippen molar-refractivity contribution in [1.82, 2.24) is 4.98 Å². The first-order chi connectivity index (χ1) is 10.0. The number of oxazole rings is 1. The van der Waals surface area contributed by atoms with Crippen molar-refractivity contribution in [3.05, 3.63) is 53.1 Å². The number of carboxylic acid groups (broad SMARTS) is 1. The van der Waals surface area contributed by atoms with Crippen LogP contribution in [0, 0.1) is 13.8 Å². The number of aryl methyl sites for hydroxylation is 1. The molecule has 0 amide bonds. The first kappa shape index (κ1) is 13.2. The van der Waals surface area contributed by atoms with E-state index in [0.717, 1.165) is 11.1 Å². The monoisotopic (exact) mass is 283 g/mol. The Kier molecular flexibility index (Phi) is 3.10. The number of carbonyl (C=O) groups is 1. The molecule has 0 aliphatic rings. The minimum Gasteiger partial charge on any atom is -0.478 e. The molecule has 0 fully saturated rings. The van der Waals surface area contributed by atoms with Gasteiger partial charge in [0.05, 0.1) is 5.56 Å². The summed E-state index contributed by atoms with van der Waals surface area (Å²) < 4.78 is 11.1. The fourth-order valence-electron chi connectivity index (χ4n) is 2.01. The van der Waals surface area contributed by atoms with Gasteiger partial charge in [0.15, 0.2) is 5.58 Å². The van der Waals surface area contributed by atoms with Crippen LogP contribution >= 0.6 is 0 Å². The standard InChI is InChI=1S/C16H13NO4/c1-9-4-3-5-13(10(9)2)20-16-17-12-7-6-11(15(18)19)8-14(12)21-16/h3-8H,1-2H3,(H,18,19). The molecule has 0 aliphatic carbocycles. The Labute approximate surface area is 120 Å². The summed E-state index contributed by atoms with van der Waals surface area (Å²) in [5.41, 5.74) is 3.20. The number of hydrogen-bond donors (Lipinski definition) is 1. The average Bonchev–Trinajstić information content (AvgIpc) is 2.85. The zero-order valence-electron chi connectivity index (χ0n) is 11.6. The van der Waals surface area contributed by atoms with Gasteiger partial charge in [0.2, 0.25) is 0 Å². The molecule has 0 unspecified atom stereocenters. The third-order valence-corrected chi connectivity index (χ3v) is 3.37. The maximum atomic E-state index is 10.9. The molecular weight excluding hydrogens is 270 g/mol. The summed E-state index contributed by atoms with van der Waals surface area (Å²) in [7, 11) is 0. The summed E-state index contributed by atoms with van der Waals surface area (Å²) >= 11 is 0. The molecule has 0 atom stereocenters. The highest BCUT2D eigenvalue weighted by atomic mass is 16.6. The van der Waals surface area contributed by atoms with Crippen LogP contribution in [-0.2, 0) is 0 Å². The Morgan fingerprint density at radius 3 is 2.81 bits per heavy atom. The Morgan fingerprint density at radius 2 is 2.05 bits per heavy atom. The van der Waals surface area contributed by atoms with Crippen molar-refractivity contribution in [2.24, 2.45) is 0 Å². The second-order valence-electron chi connectivity index (χ2n) is 4.77. The smallest absolute Gasteiger partial charge is 0.400 e. The highest BCUT2D eigenvalue weighted by Gasteiger charge is 2.12. The summed E-state index contributed by atoms with van der Waals surface area (Å²) in [6, 6.07) is 10.2. The predicted octanol–water partition coefficient (Wildman–Crippen LogP) is 3.94. The van der Waals surface area contributed by atoms with Crippen molar-refractivity contribution in [2.45, 2.75) is 13.8 Å². The number of fused-ring (bicyclic) bond motifs is 1. The molecule has 0 spiro atoms. The third kappa shape index (κ3) is 2.45. The summed E-state index contributed by atoms with van der Waals surface area (Å²) in [4.78, 5) is 15.1. The summed E-state index contributed by atoms with van der Waals surface area (Å²) in [6.45, 7) is 3.95. The molecule has 3 aromatic rings. The molecule has 5 heteroatoms. The lowest BCUT2D eigenvalue weighted by Crippen LogP contribution is -1.94. The first-order valence-electron chi connectivity index (χ1n) is 6.42. The first-order valence-corrected chi connectivity index (χ1v) is 6.42. The van der Waals surface area contributed by atoms with Crippen LogP contribution in [0.25, 0.3) is 11.1 Å². The maximum absolute atomic E-state index is 10.9. The second-order valence-corrected chi connectivity index (χ2v) is 4.77. The Morgan fingerprint density at radius 1 is 1.24 bits per heavy atom. The molecule has 0 bridgehead atoms. The Balaban J connectivity index is 1.98. The zero-order chi connectivity index (χ0) is 15.0. The van der Waals surface area contributed by atoms with Crippen LogP contribution in [0.5, 0.6) is 11.8 Å². The summed E-state index contributed by atoms with van der Waals surface area (Å²) in [5, 5.41) is 8.96. The van der Waals surface area contributed by atoms with E-state index in [0.29, 0.717) is 16.8 Å². The highest BCUT2D eigenvalue weighted by molar-refractivity contribution is 5.91. The average molecular weight is 283 g/mol. The zero-order valence-corrected chi connectivity index (χ0v) is 11.6. The molecule has 1 aromatic heterocycles. The Hall–Kier alpha value is -2.82. The van der Waals surface area contributed by atoms with Gasteiger partial charge in [0.25, 0.3) is 0 Å². The number of ether oxygens (including phenoxy) is 1. The molecule has 1 heterocycles. The Bertz CT molecular complexity index is 835. The van der Waals surface area contributed by atoms with Gasteiger partial charge in [-0.15, -0.1) is 0 Å². The van der Waals surface area contributed by atoms with Crippen molar-refractivity contribution >= 4 is 17.1 Å². The van der Waals surface area contributed by atoms with E-state index >= 15 is 0 Å². The molecule has 5 nitrogen and oxygen atoms in total. The SMILES string of the molecule is Cc1cccc(Oc2nc3ccc(C(=O)O)cc3o2)c1C. The molecule has 0 saturated carbocycles. The van der Waals surface area contributed by atoms with Crippen molar-refractivity contribution in [2.75, 3.05) is 0 Å². The van der Waals surface area contributed by atoms with Gasteiger partial charge in [-0.3, -0.25) is 0 Å². The van der Waals surface area contributed by atoms with Crippen molar-refractivity contribution in [3.63, 3.8) is 0 Å². The van der Waals surface area contributed by atoms with E-state index in [9.17, 15) is 4.79 Å². The van der Waals surface area contributed by atoms with Gasteiger partial charge in [0, 0.05) is 0 Å². The molecule has 2 aromatic carbocycles. The number of aromatic carboxylic acids is 1. The predicted molar refractivity (Wildman–Crippen MR) is 77.0 cm³/mol. The molecule has 1 N–H and O–H groups in total. The van der Waals surface area contributed by atoms with Crippen molar-refractivity contribution in [3.8, 4) is 11.8 Å². The molecule has 3 rings (SSSR count).